The first kappa shape index (κ1) is 16.0. The minimum Gasteiger partial charge on any atom is -0.288 e. The SMILES string of the molecule is O=C1NC(=O)c2c(Cl)cccc21.c1ccc(-c2ccccc2)cc1. The highest BCUT2D eigenvalue weighted by Gasteiger charge is 2.28. The van der Waals surface area contributed by atoms with Gasteiger partial charge in [0.1, 0.15) is 0 Å². The molecule has 0 saturated carbocycles. The minimum absolute atomic E-state index is 0.282. The molecular weight excluding hydrogens is 322 g/mol. The second kappa shape index (κ2) is 7.11. The van der Waals surface area contributed by atoms with E-state index in [2.05, 4.69) is 53.8 Å². The summed E-state index contributed by atoms with van der Waals surface area (Å²) in [6, 6.07) is 25.6. The van der Waals surface area contributed by atoms with Crippen molar-refractivity contribution in [3.05, 3.63) is 95.0 Å². The summed E-state index contributed by atoms with van der Waals surface area (Å²) in [7, 11) is 0. The molecule has 1 heterocycles. The van der Waals surface area contributed by atoms with E-state index in [-0.39, 0.29) is 11.5 Å². The Hall–Kier alpha value is -2.91. The van der Waals surface area contributed by atoms with E-state index in [4.69, 9.17) is 11.6 Å². The van der Waals surface area contributed by atoms with Gasteiger partial charge in [0.25, 0.3) is 11.8 Å². The van der Waals surface area contributed by atoms with Crippen molar-refractivity contribution in [3.63, 3.8) is 0 Å². The first-order chi connectivity index (χ1) is 11.7. The molecule has 0 unspecified atom stereocenters. The Balaban J connectivity index is 0.000000141. The molecule has 0 fully saturated rings. The summed E-state index contributed by atoms with van der Waals surface area (Å²) in [5.74, 6) is -0.793. The Labute approximate surface area is 144 Å². The zero-order valence-corrected chi connectivity index (χ0v) is 13.5. The normalized spacial score (nSPS) is 12.0. The average Bonchev–Trinajstić information content (AvgIpc) is 2.92. The molecule has 1 aliphatic rings. The number of hydrogen-bond acceptors (Lipinski definition) is 2. The Bertz CT molecular complexity index is 839. The van der Waals surface area contributed by atoms with Gasteiger partial charge in [0, 0.05) is 0 Å². The van der Waals surface area contributed by atoms with Gasteiger partial charge in [-0.2, -0.15) is 0 Å². The van der Waals surface area contributed by atoms with Crippen molar-refractivity contribution in [2.24, 2.45) is 0 Å². The van der Waals surface area contributed by atoms with Crippen LogP contribution in [0.25, 0.3) is 11.1 Å². The van der Waals surface area contributed by atoms with Gasteiger partial charge < -0.3 is 0 Å². The molecule has 4 rings (SSSR count). The molecule has 3 nitrogen and oxygen atoms in total. The van der Waals surface area contributed by atoms with Crippen LogP contribution in [-0.2, 0) is 0 Å². The molecule has 118 valence electrons. The third-order valence-electron chi connectivity index (χ3n) is 3.59. The third-order valence-corrected chi connectivity index (χ3v) is 3.91. The van der Waals surface area contributed by atoms with Gasteiger partial charge in [0.2, 0.25) is 0 Å². The quantitative estimate of drug-likeness (QED) is 0.662. The first-order valence-corrected chi connectivity index (χ1v) is 7.79. The molecule has 1 N–H and O–H groups in total. The summed E-state index contributed by atoms with van der Waals surface area (Å²) >= 11 is 5.72. The standard InChI is InChI=1S/C12H10.C8H4ClNO2/c1-3-7-11(8-4-1)12-9-5-2-6-10-12;9-5-3-1-2-4-6(5)8(12)10-7(4)11/h1-10H;1-3H,(H,10,11,12). The largest absolute Gasteiger partial charge is 0.288 e. The highest BCUT2D eigenvalue weighted by Crippen LogP contribution is 2.23. The van der Waals surface area contributed by atoms with Crippen LogP contribution in [0.1, 0.15) is 20.7 Å². The predicted octanol–water partition coefficient (Wildman–Crippen LogP) is 4.58. The van der Waals surface area contributed by atoms with Gasteiger partial charge in [-0.15, -0.1) is 0 Å². The van der Waals surface area contributed by atoms with Crippen LogP contribution in [0, 0.1) is 0 Å². The van der Waals surface area contributed by atoms with Crippen molar-refractivity contribution in [1.29, 1.82) is 0 Å². The number of rotatable bonds is 1. The van der Waals surface area contributed by atoms with Crippen LogP contribution in [-0.4, -0.2) is 11.8 Å². The maximum absolute atomic E-state index is 11.1. The average molecular weight is 336 g/mol. The zero-order chi connectivity index (χ0) is 16.9. The topological polar surface area (TPSA) is 46.2 Å². The molecular formula is C20H14ClNO2. The molecule has 0 spiro atoms. The van der Waals surface area contributed by atoms with Gasteiger partial charge in [-0.3, -0.25) is 14.9 Å². The number of benzene rings is 3. The number of halogens is 1. The fourth-order valence-electron chi connectivity index (χ4n) is 2.44. The molecule has 0 atom stereocenters. The highest BCUT2D eigenvalue weighted by molar-refractivity contribution is 6.37. The van der Waals surface area contributed by atoms with Crippen molar-refractivity contribution in [2.75, 3.05) is 0 Å². The van der Waals surface area contributed by atoms with E-state index in [0.29, 0.717) is 10.6 Å². The molecule has 2 amide bonds. The number of imide groups is 1. The lowest BCUT2D eigenvalue weighted by atomic mass is 10.1. The number of hydrogen-bond donors (Lipinski definition) is 1. The molecule has 0 aliphatic carbocycles. The van der Waals surface area contributed by atoms with Crippen LogP contribution in [0.2, 0.25) is 5.02 Å². The van der Waals surface area contributed by atoms with Gasteiger partial charge in [-0.1, -0.05) is 78.3 Å². The van der Waals surface area contributed by atoms with Crippen molar-refractivity contribution in [1.82, 2.24) is 5.32 Å². The lowest BCUT2D eigenvalue weighted by molar-refractivity contribution is 0.0879. The van der Waals surface area contributed by atoms with Gasteiger partial charge in [0.05, 0.1) is 16.1 Å². The van der Waals surface area contributed by atoms with E-state index in [1.165, 1.54) is 11.1 Å². The number of nitrogens with one attached hydrogen (secondary N) is 1. The molecule has 0 bridgehead atoms. The summed E-state index contributed by atoms with van der Waals surface area (Å²) in [4.78, 5) is 22.1. The van der Waals surface area contributed by atoms with Crippen LogP contribution in [0.5, 0.6) is 0 Å². The van der Waals surface area contributed by atoms with Crippen LogP contribution >= 0.6 is 11.6 Å². The lowest BCUT2D eigenvalue weighted by Gasteiger charge is -1.98. The maximum atomic E-state index is 11.1. The summed E-state index contributed by atoms with van der Waals surface area (Å²) < 4.78 is 0. The minimum atomic E-state index is -0.416. The van der Waals surface area contributed by atoms with Crippen LogP contribution in [0.15, 0.2) is 78.9 Å². The monoisotopic (exact) mass is 335 g/mol. The Morgan fingerprint density at radius 1 is 0.625 bits per heavy atom. The second-order valence-corrected chi connectivity index (χ2v) is 5.58. The van der Waals surface area contributed by atoms with Crippen LogP contribution in [0.3, 0.4) is 0 Å². The third kappa shape index (κ3) is 3.36. The number of amides is 2. The fourth-order valence-corrected chi connectivity index (χ4v) is 2.70. The number of carbonyl (C=O) groups is 2. The van der Waals surface area contributed by atoms with Gasteiger partial charge in [-0.05, 0) is 23.3 Å². The number of carbonyl (C=O) groups excluding carboxylic acids is 2. The molecule has 4 heteroatoms. The van der Waals surface area contributed by atoms with Crippen LogP contribution in [0.4, 0.5) is 0 Å². The Kier molecular flexibility index (Phi) is 4.73. The van der Waals surface area contributed by atoms with Crippen molar-refractivity contribution in [3.8, 4) is 11.1 Å². The van der Waals surface area contributed by atoms with Crippen molar-refractivity contribution in [2.45, 2.75) is 0 Å². The summed E-state index contributed by atoms with van der Waals surface area (Å²) in [6.45, 7) is 0. The first-order valence-electron chi connectivity index (χ1n) is 7.41. The van der Waals surface area contributed by atoms with E-state index in [1.54, 1.807) is 18.2 Å². The highest BCUT2D eigenvalue weighted by atomic mass is 35.5. The Morgan fingerprint density at radius 3 is 1.67 bits per heavy atom. The van der Waals surface area contributed by atoms with E-state index in [1.807, 2.05) is 12.1 Å². The van der Waals surface area contributed by atoms with E-state index in [9.17, 15) is 9.59 Å². The lowest BCUT2D eigenvalue weighted by Crippen LogP contribution is -2.19. The summed E-state index contributed by atoms with van der Waals surface area (Å²) in [5.41, 5.74) is 3.19. The molecule has 1 aliphatic heterocycles. The number of fused-ring (bicyclic) bond motifs is 1. The van der Waals surface area contributed by atoms with E-state index >= 15 is 0 Å². The molecule has 24 heavy (non-hydrogen) atoms. The second-order valence-electron chi connectivity index (χ2n) is 5.18. The van der Waals surface area contributed by atoms with E-state index in [0.717, 1.165) is 0 Å². The predicted molar refractivity (Wildman–Crippen MR) is 95.1 cm³/mol. The van der Waals surface area contributed by atoms with E-state index < -0.39 is 5.91 Å². The molecule has 3 aromatic carbocycles. The zero-order valence-electron chi connectivity index (χ0n) is 12.7. The van der Waals surface area contributed by atoms with Gasteiger partial charge >= 0.3 is 0 Å². The maximum Gasteiger partial charge on any atom is 0.260 e. The van der Waals surface area contributed by atoms with Gasteiger partial charge in [0.15, 0.2) is 0 Å². The van der Waals surface area contributed by atoms with Crippen molar-refractivity contribution < 1.29 is 9.59 Å². The smallest absolute Gasteiger partial charge is 0.260 e. The summed E-state index contributed by atoms with van der Waals surface area (Å²) in [6.07, 6.45) is 0. The van der Waals surface area contributed by atoms with Crippen molar-refractivity contribution >= 4 is 23.4 Å². The Morgan fingerprint density at radius 2 is 1.17 bits per heavy atom. The molecule has 3 aromatic rings. The summed E-state index contributed by atoms with van der Waals surface area (Å²) in [5, 5.41) is 2.48. The van der Waals surface area contributed by atoms with Gasteiger partial charge in [-0.25, -0.2) is 0 Å². The molecule has 0 saturated heterocycles. The fraction of sp³-hybridized carbons (Fsp3) is 0. The van der Waals surface area contributed by atoms with Crippen LogP contribution < -0.4 is 5.32 Å². The molecule has 0 aromatic heterocycles. The molecule has 0 radical (unpaired) electrons.